The summed E-state index contributed by atoms with van der Waals surface area (Å²) < 4.78 is 26.9. The van der Waals surface area contributed by atoms with Crippen LogP contribution in [0.3, 0.4) is 0 Å². The molecule has 1 amide bonds. The van der Waals surface area contributed by atoms with Crippen LogP contribution in [-0.4, -0.2) is 45.8 Å². The Morgan fingerprint density at radius 3 is 2.25 bits per heavy atom. The predicted molar refractivity (Wildman–Crippen MR) is 115 cm³/mol. The summed E-state index contributed by atoms with van der Waals surface area (Å²) in [6, 6.07) is 9.83. The summed E-state index contributed by atoms with van der Waals surface area (Å²) in [6.45, 7) is 6.06. The number of amides is 1. The van der Waals surface area contributed by atoms with Gasteiger partial charge in [-0.3, -0.25) is 4.79 Å². The molecule has 0 atom stereocenters. The highest BCUT2D eigenvalue weighted by atomic mass is 35.5. The Bertz CT molecular complexity index is 971. The molecule has 0 aromatic heterocycles. The highest BCUT2D eigenvalue weighted by Crippen LogP contribution is 2.28. The molecule has 0 unspecified atom stereocenters. The number of hydrogen-bond donors (Lipinski definition) is 1. The zero-order valence-corrected chi connectivity index (χ0v) is 18.4. The maximum Gasteiger partial charge on any atom is 0.255 e. The molecule has 2 rings (SSSR count). The van der Waals surface area contributed by atoms with Gasteiger partial charge in [-0.2, -0.15) is 4.31 Å². The molecule has 0 fully saturated rings. The van der Waals surface area contributed by atoms with Crippen molar-refractivity contribution in [1.82, 2.24) is 4.31 Å². The number of carbonyl (C=O) groups is 1. The van der Waals surface area contributed by atoms with Gasteiger partial charge in [0, 0.05) is 38.4 Å². The van der Waals surface area contributed by atoms with E-state index in [0.29, 0.717) is 34.9 Å². The third-order valence-electron chi connectivity index (χ3n) is 4.48. The largest absolute Gasteiger partial charge is 0.376 e. The first-order valence-electron chi connectivity index (χ1n) is 9.00. The molecule has 1 N–H and O–H groups in total. The van der Waals surface area contributed by atoms with Gasteiger partial charge in [0.05, 0.1) is 15.6 Å². The van der Waals surface area contributed by atoms with Gasteiger partial charge in [-0.1, -0.05) is 31.5 Å². The van der Waals surface area contributed by atoms with Gasteiger partial charge in [-0.25, -0.2) is 8.42 Å². The van der Waals surface area contributed by atoms with E-state index in [9.17, 15) is 13.2 Å². The van der Waals surface area contributed by atoms with E-state index < -0.39 is 10.0 Å². The van der Waals surface area contributed by atoms with Crippen molar-refractivity contribution >= 4 is 38.9 Å². The van der Waals surface area contributed by atoms with Crippen LogP contribution in [0.2, 0.25) is 5.02 Å². The lowest BCUT2D eigenvalue weighted by molar-refractivity contribution is 0.102. The van der Waals surface area contributed by atoms with E-state index in [1.165, 1.54) is 16.4 Å². The average Bonchev–Trinajstić information content (AvgIpc) is 2.62. The van der Waals surface area contributed by atoms with Gasteiger partial charge < -0.3 is 10.2 Å². The van der Waals surface area contributed by atoms with Crippen LogP contribution in [0.5, 0.6) is 0 Å². The lowest BCUT2D eigenvalue weighted by atomic mass is 10.1. The standard InChI is InChI=1S/C20H26ClN3O3S/c1-6-24(7-2)28(26,27)16-10-8-14(3)17(13-16)20(25)22-15-9-11-19(23(4)5)18(21)12-15/h8-13H,6-7H2,1-5H3,(H,22,25). The van der Waals surface area contributed by atoms with Gasteiger partial charge in [0.15, 0.2) is 0 Å². The fraction of sp³-hybridized carbons (Fsp3) is 0.350. The quantitative estimate of drug-likeness (QED) is 0.730. The Morgan fingerprint density at radius 2 is 1.71 bits per heavy atom. The number of anilines is 2. The summed E-state index contributed by atoms with van der Waals surface area (Å²) in [4.78, 5) is 14.8. The zero-order chi connectivity index (χ0) is 21.1. The average molecular weight is 424 g/mol. The lowest BCUT2D eigenvalue weighted by Crippen LogP contribution is -2.30. The molecule has 0 heterocycles. The molecule has 0 aliphatic rings. The SMILES string of the molecule is CCN(CC)S(=O)(=O)c1ccc(C)c(C(=O)Nc2ccc(N(C)C)c(Cl)c2)c1. The van der Waals surface area contributed by atoms with Crippen LogP contribution in [0, 0.1) is 6.92 Å². The summed E-state index contributed by atoms with van der Waals surface area (Å²) >= 11 is 6.26. The van der Waals surface area contributed by atoms with Crippen molar-refractivity contribution in [3.05, 3.63) is 52.5 Å². The number of rotatable bonds is 7. The van der Waals surface area contributed by atoms with E-state index in [1.54, 1.807) is 39.0 Å². The third-order valence-corrected chi connectivity index (χ3v) is 6.83. The molecular weight excluding hydrogens is 398 g/mol. The number of hydrogen-bond acceptors (Lipinski definition) is 4. The van der Waals surface area contributed by atoms with E-state index in [2.05, 4.69) is 5.32 Å². The minimum Gasteiger partial charge on any atom is -0.376 e. The van der Waals surface area contributed by atoms with E-state index in [0.717, 1.165) is 5.69 Å². The number of carbonyl (C=O) groups excluding carboxylic acids is 1. The summed E-state index contributed by atoms with van der Waals surface area (Å²) in [5.41, 5.74) is 2.37. The number of aryl methyl sites for hydroxylation is 1. The third kappa shape index (κ3) is 4.66. The van der Waals surface area contributed by atoms with Crippen LogP contribution in [-0.2, 0) is 10.0 Å². The van der Waals surface area contributed by atoms with Gasteiger partial charge >= 0.3 is 0 Å². The van der Waals surface area contributed by atoms with Crippen LogP contribution in [0.1, 0.15) is 29.8 Å². The van der Waals surface area contributed by atoms with Crippen molar-refractivity contribution in [2.45, 2.75) is 25.7 Å². The van der Waals surface area contributed by atoms with Crippen molar-refractivity contribution in [3.8, 4) is 0 Å². The second kappa shape index (κ2) is 8.94. The molecule has 0 bridgehead atoms. The van der Waals surface area contributed by atoms with Crippen LogP contribution >= 0.6 is 11.6 Å². The normalized spacial score (nSPS) is 11.5. The second-order valence-corrected chi connectivity index (χ2v) is 8.93. The van der Waals surface area contributed by atoms with Crippen LogP contribution in [0.25, 0.3) is 0 Å². The molecule has 152 valence electrons. The van der Waals surface area contributed by atoms with Crippen molar-refractivity contribution in [2.75, 3.05) is 37.4 Å². The zero-order valence-electron chi connectivity index (χ0n) is 16.8. The van der Waals surface area contributed by atoms with Gasteiger partial charge in [0.25, 0.3) is 5.91 Å². The topological polar surface area (TPSA) is 69.7 Å². The van der Waals surface area contributed by atoms with E-state index in [-0.39, 0.29) is 10.8 Å². The molecule has 6 nitrogen and oxygen atoms in total. The van der Waals surface area contributed by atoms with Crippen LogP contribution < -0.4 is 10.2 Å². The molecule has 0 saturated carbocycles. The van der Waals surface area contributed by atoms with Crippen LogP contribution in [0.15, 0.2) is 41.3 Å². The number of sulfonamides is 1. The lowest BCUT2D eigenvalue weighted by Gasteiger charge is -2.19. The first kappa shape index (κ1) is 22.2. The van der Waals surface area contributed by atoms with E-state index >= 15 is 0 Å². The maximum absolute atomic E-state index is 12.8. The van der Waals surface area contributed by atoms with Crippen molar-refractivity contribution in [1.29, 1.82) is 0 Å². The van der Waals surface area contributed by atoms with Gasteiger partial charge in [0.2, 0.25) is 10.0 Å². The highest BCUT2D eigenvalue weighted by molar-refractivity contribution is 7.89. The number of nitrogens with one attached hydrogen (secondary N) is 1. The number of halogens is 1. The van der Waals surface area contributed by atoms with Crippen molar-refractivity contribution in [2.24, 2.45) is 0 Å². The summed E-state index contributed by atoms with van der Waals surface area (Å²) in [5, 5.41) is 3.30. The molecule has 8 heteroatoms. The minimum absolute atomic E-state index is 0.105. The molecule has 0 aliphatic carbocycles. The second-order valence-electron chi connectivity index (χ2n) is 6.58. The number of nitrogens with zero attached hydrogens (tertiary/aromatic N) is 2. The fourth-order valence-electron chi connectivity index (χ4n) is 2.86. The van der Waals surface area contributed by atoms with Gasteiger partial charge in [0.1, 0.15) is 0 Å². The smallest absolute Gasteiger partial charge is 0.255 e. The first-order valence-corrected chi connectivity index (χ1v) is 10.8. The predicted octanol–water partition coefficient (Wildman–Crippen LogP) is 4.00. The Kier molecular flexibility index (Phi) is 7.09. The molecule has 0 aliphatic heterocycles. The summed E-state index contributed by atoms with van der Waals surface area (Å²) in [6.07, 6.45) is 0. The maximum atomic E-state index is 12.8. The van der Waals surface area contributed by atoms with Gasteiger partial charge in [-0.15, -0.1) is 0 Å². The Balaban J connectivity index is 2.35. The Hall–Kier alpha value is -2.09. The monoisotopic (exact) mass is 423 g/mol. The first-order chi connectivity index (χ1) is 13.1. The molecule has 2 aromatic carbocycles. The Morgan fingerprint density at radius 1 is 1.07 bits per heavy atom. The molecule has 28 heavy (non-hydrogen) atoms. The molecule has 0 radical (unpaired) electrons. The Labute approximate surface area is 172 Å². The fourth-order valence-corrected chi connectivity index (χ4v) is 4.70. The van der Waals surface area contributed by atoms with Crippen LogP contribution in [0.4, 0.5) is 11.4 Å². The van der Waals surface area contributed by atoms with E-state index in [4.69, 9.17) is 11.6 Å². The molecule has 0 spiro atoms. The number of benzene rings is 2. The minimum atomic E-state index is -3.64. The highest BCUT2D eigenvalue weighted by Gasteiger charge is 2.23. The van der Waals surface area contributed by atoms with E-state index in [1.807, 2.05) is 25.1 Å². The van der Waals surface area contributed by atoms with Gasteiger partial charge in [-0.05, 0) is 42.8 Å². The summed E-state index contributed by atoms with van der Waals surface area (Å²) in [7, 11) is 0.117. The molecule has 0 saturated heterocycles. The summed E-state index contributed by atoms with van der Waals surface area (Å²) in [5.74, 6) is -0.386. The van der Waals surface area contributed by atoms with Crippen molar-refractivity contribution < 1.29 is 13.2 Å². The molecular formula is C20H26ClN3O3S. The van der Waals surface area contributed by atoms with Crippen molar-refractivity contribution in [3.63, 3.8) is 0 Å². The molecule has 2 aromatic rings.